The minimum atomic E-state index is -0.0518. The number of carbonyl (C=O) groups is 2. The summed E-state index contributed by atoms with van der Waals surface area (Å²) in [5.74, 6) is 1.04. The SMILES string of the molecule is CC(C)CC(=O)Nc1ccc(NC(=O)CC(C)C)nc1. The van der Waals surface area contributed by atoms with Gasteiger partial charge < -0.3 is 10.6 Å². The number of aromatic nitrogens is 1. The topological polar surface area (TPSA) is 71.1 Å². The number of hydrogen-bond donors (Lipinski definition) is 2. The van der Waals surface area contributed by atoms with Crippen LogP contribution in [0.2, 0.25) is 0 Å². The number of anilines is 2. The van der Waals surface area contributed by atoms with E-state index in [9.17, 15) is 9.59 Å². The molecule has 0 aliphatic rings. The summed E-state index contributed by atoms with van der Waals surface area (Å²) in [7, 11) is 0. The Morgan fingerprint density at radius 3 is 2.00 bits per heavy atom. The van der Waals surface area contributed by atoms with Gasteiger partial charge in [-0.05, 0) is 24.0 Å². The highest BCUT2D eigenvalue weighted by molar-refractivity contribution is 5.92. The summed E-state index contributed by atoms with van der Waals surface area (Å²) < 4.78 is 0. The largest absolute Gasteiger partial charge is 0.325 e. The van der Waals surface area contributed by atoms with Crippen molar-refractivity contribution in [1.82, 2.24) is 4.98 Å². The first-order valence-electron chi connectivity index (χ1n) is 6.92. The lowest BCUT2D eigenvalue weighted by Gasteiger charge is -2.09. The molecule has 0 unspecified atom stereocenters. The molecule has 1 rings (SSSR count). The fourth-order valence-electron chi connectivity index (χ4n) is 1.69. The molecule has 5 nitrogen and oxygen atoms in total. The van der Waals surface area contributed by atoms with Gasteiger partial charge in [-0.3, -0.25) is 9.59 Å². The lowest BCUT2D eigenvalue weighted by atomic mass is 10.1. The zero-order valence-corrected chi connectivity index (χ0v) is 12.6. The molecule has 0 saturated carbocycles. The first kappa shape index (κ1) is 16.1. The molecule has 0 fully saturated rings. The van der Waals surface area contributed by atoms with Crippen molar-refractivity contribution in [2.24, 2.45) is 11.8 Å². The maximum Gasteiger partial charge on any atom is 0.225 e. The molecule has 0 spiro atoms. The Labute approximate surface area is 120 Å². The average molecular weight is 277 g/mol. The van der Waals surface area contributed by atoms with Gasteiger partial charge in [0.05, 0.1) is 11.9 Å². The predicted molar refractivity (Wildman–Crippen MR) is 80.4 cm³/mol. The quantitative estimate of drug-likeness (QED) is 0.839. The molecule has 0 aliphatic heterocycles. The summed E-state index contributed by atoms with van der Waals surface area (Å²) in [5.41, 5.74) is 0.637. The number of pyridine rings is 1. The first-order chi connectivity index (χ1) is 9.36. The van der Waals surface area contributed by atoms with Crippen LogP contribution in [0.5, 0.6) is 0 Å². The molecule has 5 heteroatoms. The summed E-state index contributed by atoms with van der Waals surface area (Å²) in [6.07, 6.45) is 2.49. The third-order valence-corrected chi connectivity index (χ3v) is 2.50. The van der Waals surface area contributed by atoms with Crippen LogP contribution in [-0.4, -0.2) is 16.8 Å². The second-order valence-electron chi connectivity index (χ2n) is 5.72. The molecule has 1 aromatic heterocycles. The minimum absolute atomic E-state index is 0.0293. The van der Waals surface area contributed by atoms with Crippen molar-refractivity contribution in [2.45, 2.75) is 40.5 Å². The Morgan fingerprint density at radius 1 is 1.00 bits per heavy atom. The first-order valence-corrected chi connectivity index (χ1v) is 6.92. The Kier molecular flexibility index (Phi) is 6.15. The van der Waals surface area contributed by atoms with Gasteiger partial charge in [-0.15, -0.1) is 0 Å². The molecule has 0 radical (unpaired) electrons. The lowest BCUT2D eigenvalue weighted by molar-refractivity contribution is -0.117. The van der Waals surface area contributed by atoms with Crippen LogP contribution in [0, 0.1) is 11.8 Å². The highest BCUT2D eigenvalue weighted by Crippen LogP contribution is 2.12. The molecule has 20 heavy (non-hydrogen) atoms. The van der Waals surface area contributed by atoms with E-state index in [4.69, 9.17) is 0 Å². The van der Waals surface area contributed by atoms with Gasteiger partial charge in [0.15, 0.2) is 0 Å². The lowest BCUT2D eigenvalue weighted by Crippen LogP contribution is -2.16. The van der Waals surface area contributed by atoms with Crippen LogP contribution >= 0.6 is 0 Å². The van der Waals surface area contributed by atoms with E-state index < -0.39 is 0 Å². The Balaban J connectivity index is 2.52. The number of hydrogen-bond acceptors (Lipinski definition) is 3. The van der Waals surface area contributed by atoms with Crippen molar-refractivity contribution in [2.75, 3.05) is 10.6 Å². The third kappa shape index (κ3) is 6.31. The van der Waals surface area contributed by atoms with Crippen LogP contribution in [0.25, 0.3) is 0 Å². The summed E-state index contributed by atoms with van der Waals surface area (Å²) in [4.78, 5) is 27.3. The van der Waals surface area contributed by atoms with Gasteiger partial charge in [0.25, 0.3) is 0 Å². The standard InChI is InChI=1S/C15H23N3O2/c1-10(2)7-14(19)17-12-5-6-13(16-9-12)18-15(20)8-11(3)4/h5-6,9-11H,7-8H2,1-4H3,(H,17,19)(H,16,18,20). The molecule has 0 aromatic carbocycles. The van der Waals surface area contributed by atoms with Gasteiger partial charge >= 0.3 is 0 Å². The fourth-order valence-corrected chi connectivity index (χ4v) is 1.69. The van der Waals surface area contributed by atoms with Gasteiger partial charge in [-0.25, -0.2) is 4.98 Å². The molecule has 110 valence electrons. The summed E-state index contributed by atoms with van der Waals surface area (Å²) in [6.45, 7) is 7.96. The molecule has 0 atom stereocenters. The van der Waals surface area contributed by atoms with Crippen LogP contribution in [0.1, 0.15) is 40.5 Å². The van der Waals surface area contributed by atoms with Gasteiger partial charge in [0.1, 0.15) is 5.82 Å². The van der Waals surface area contributed by atoms with Gasteiger partial charge in [-0.1, -0.05) is 27.7 Å². The van der Waals surface area contributed by atoms with Crippen molar-refractivity contribution in [3.63, 3.8) is 0 Å². The number of nitrogens with one attached hydrogen (secondary N) is 2. The molecule has 1 aromatic rings. The molecule has 2 N–H and O–H groups in total. The van der Waals surface area contributed by atoms with Gasteiger partial charge in [0, 0.05) is 12.8 Å². The normalized spacial score (nSPS) is 10.7. The van der Waals surface area contributed by atoms with Crippen LogP contribution < -0.4 is 10.6 Å². The highest BCUT2D eigenvalue weighted by Gasteiger charge is 2.07. The van der Waals surface area contributed by atoms with Crippen LogP contribution in [0.4, 0.5) is 11.5 Å². The van der Waals surface area contributed by atoms with Gasteiger partial charge in [-0.2, -0.15) is 0 Å². The highest BCUT2D eigenvalue weighted by atomic mass is 16.2. The summed E-state index contributed by atoms with van der Waals surface area (Å²) >= 11 is 0. The average Bonchev–Trinajstić information content (AvgIpc) is 2.29. The minimum Gasteiger partial charge on any atom is -0.325 e. The molecular formula is C15H23N3O2. The molecule has 2 amide bonds. The number of amides is 2. The Hall–Kier alpha value is -1.91. The van der Waals surface area contributed by atoms with E-state index in [1.165, 1.54) is 0 Å². The summed E-state index contributed by atoms with van der Waals surface area (Å²) in [6, 6.07) is 3.42. The molecule has 0 saturated heterocycles. The van der Waals surface area contributed by atoms with Crippen molar-refractivity contribution >= 4 is 23.3 Å². The van der Waals surface area contributed by atoms with Crippen LogP contribution in [0.15, 0.2) is 18.3 Å². The van der Waals surface area contributed by atoms with Crippen LogP contribution in [-0.2, 0) is 9.59 Å². The van der Waals surface area contributed by atoms with Gasteiger partial charge in [0.2, 0.25) is 11.8 Å². The van der Waals surface area contributed by atoms with Crippen molar-refractivity contribution in [1.29, 1.82) is 0 Å². The fraction of sp³-hybridized carbons (Fsp3) is 0.533. The molecule has 0 bridgehead atoms. The van der Waals surface area contributed by atoms with E-state index in [0.29, 0.717) is 36.2 Å². The van der Waals surface area contributed by atoms with Crippen molar-refractivity contribution < 1.29 is 9.59 Å². The smallest absolute Gasteiger partial charge is 0.225 e. The molecule has 0 aliphatic carbocycles. The predicted octanol–water partition coefficient (Wildman–Crippen LogP) is 3.05. The molecular weight excluding hydrogens is 254 g/mol. The van der Waals surface area contributed by atoms with E-state index in [-0.39, 0.29) is 11.8 Å². The van der Waals surface area contributed by atoms with Crippen molar-refractivity contribution in [3.8, 4) is 0 Å². The zero-order chi connectivity index (χ0) is 15.1. The third-order valence-electron chi connectivity index (χ3n) is 2.50. The Bertz CT molecular complexity index is 410. The second kappa shape index (κ2) is 7.62. The second-order valence-corrected chi connectivity index (χ2v) is 5.72. The number of rotatable bonds is 6. The Morgan fingerprint density at radius 2 is 1.55 bits per heavy atom. The van der Waals surface area contributed by atoms with Crippen molar-refractivity contribution in [3.05, 3.63) is 18.3 Å². The van der Waals surface area contributed by atoms with E-state index in [2.05, 4.69) is 15.6 Å². The summed E-state index contributed by atoms with van der Waals surface area (Å²) in [5, 5.41) is 5.50. The van der Waals surface area contributed by atoms with E-state index in [1.807, 2.05) is 27.7 Å². The van der Waals surface area contributed by atoms with E-state index >= 15 is 0 Å². The van der Waals surface area contributed by atoms with E-state index in [1.54, 1.807) is 18.3 Å². The zero-order valence-electron chi connectivity index (χ0n) is 12.6. The van der Waals surface area contributed by atoms with E-state index in [0.717, 1.165) is 0 Å². The maximum absolute atomic E-state index is 11.6. The molecule has 1 heterocycles. The monoisotopic (exact) mass is 277 g/mol. The number of nitrogens with zero attached hydrogens (tertiary/aromatic N) is 1. The number of carbonyl (C=O) groups excluding carboxylic acids is 2. The van der Waals surface area contributed by atoms with Crippen LogP contribution in [0.3, 0.4) is 0 Å². The maximum atomic E-state index is 11.6.